The van der Waals surface area contributed by atoms with Crippen LogP contribution in [0.2, 0.25) is 5.02 Å². The average Bonchev–Trinajstić information content (AvgIpc) is 2.41. The van der Waals surface area contributed by atoms with Gasteiger partial charge in [-0.1, -0.05) is 17.7 Å². The first kappa shape index (κ1) is 13.7. The molecule has 1 atom stereocenters. The lowest BCUT2D eigenvalue weighted by Gasteiger charge is -2.29. The molecule has 0 amide bonds. The summed E-state index contributed by atoms with van der Waals surface area (Å²) in [4.78, 5) is 0. The molecule has 1 heterocycles. The van der Waals surface area contributed by atoms with Crippen molar-refractivity contribution in [1.29, 1.82) is 0 Å². The van der Waals surface area contributed by atoms with E-state index in [9.17, 15) is 4.39 Å². The number of rotatable bonds is 4. The number of ether oxygens (including phenoxy) is 1. The van der Waals surface area contributed by atoms with Gasteiger partial charge in [-0.3, -0.25) is 11.3 Å². The highest BCUT2D eigenvalue weighted by molar-refractivity contribution is 6.30. The molecule has 1 aliphatic heterocycles. The Hall–Kier alpha value is -0.680. The topological polar surface area (TPSA) is 47.3 Å². The summed E-state index contributed by atoms with van der Waals surface area (Å²) in [5.41, 5.74) is 3.75. The highest BCUT2D eigenvalue weighted by Gasteiger charge is 2.23. The van der Waals surface area contributed by atoms with Gasteiger partial charge in [0.05, 0.1) is 5.02 Å². The van der Waals surface area contributed by atoms with Gasteiger partial charge in [-0.05, 0) is 42.9 Å². The van der Waals surface area contributed by atoms with Crippen molar-refractivity contribution >= 4 is 11.6 Å². The van der Waals surface area contributed by atoms with Gasteiger partial charge < -0.3 is 4.74 Å². The third-order valence-corrected chi connectivity index (χ3v) is 3.80. The molecule has 1 saturated heterocycles. The standard InChI is InChI=1S/C13H18ClFN2O/c14-11-2-1-9(7-12(11)15)8-13(17-16)10-3-5-18-6-4-10/h1-2,7,10,13,17H,3-6,8,16H2. The Kier molecular flexibility index (Phi) is 4.95. The smallest absolute Gasteiger partial charge is 0.142 e. The SMILES string of the molecule is NNC(Cc1ccc(Cl)c(F)c1)C1CCOCC1. The van der Waals surface area contributed by atoms with Crippen LogP contribution < -0.4 is 11.3 Å². The summed E-state index contributed by atoms with van der Waals surface area (Å²) in [6.45, 7) is 1.55. The van der Waals surface area contributed by atoms with Crippen molar-refractivity contribution in [2.24, 2.45) is 11.8 Å². The van der Waals surface area contributed by atoms with Crippen LogP contribution in [0.1, 0.15) is 18.4 Å². The molecule has 0 aromatic heterocycles. The van der Waals surface area contributed by atoms with Gasteiger partial charge in [-0.25, -0.2) is 4.39 Å². The van der Waals surface area contributed by atoms with Crippen LogP contribution in [0, 0.1) is 11.7 Å². The fourth-order valence-electron chi connectivity index (χ4n) is 2.40. The maximum atomic E-state index is 13.4. The summed E-state index contributed by atoms with van der Waals surface area (Å²) in [5, 5.41) is 0.155. The molecule has 3 N–H and O–H groups in total. The molecule has 2 rings (SSSR count). The van der Waals surface area contributed by atoms with Crippen molar-refractivity contribution in [2.75, 3.05) is 13.2 Å². The van der Waals surface area contributed by atoms with E-state index in [1.165, 1.54) is 6.07 Å². The lowest BCUT2D eigenvalue weighted by molar-refractivity contribution is 0.0538. The third kappa shape index (κ3) is 3.42. The Morgan fingerprint density at radius 2 is 2.17 bits per heavy atom. The van der Waals surface area contributed by atoms with Crippen molar-refractivity contribution < 1.29 is 9.13 Å². The maximum absolute atomic E-state index is 13.4. The van der Waals surface area contributed by atoms with E-state index in [2.05, 4.69) is 5.43 Å². The van der Waals surface area contributed by atoms with E-state index in [-0.39, 0.29) is 16.9 Å². The second-order valence-electron chi connectivity index (χ2n) is 4.68. The summed E-state index contributed by atoms with van der Waals surface area (Å²) < 4.78 is 18.7. The van der Waals surface area contributed by atoms with E-state index in [0.717, 1.165) is 31.6 Å². The molecular weight excluding hydrogens is 255 g/mol. The van der Waals surface area contributed by atoms with E-state index >= 15 is 0 Å². The fourth-order valence-corrected chi connectivity index (χ4v) is 2.52. The quantitative estimate of drug-likeness (QED) is 0.653. The summed E-state index contributed by atoms with van der Waals surface area (Å²) in [6.07, 6.45) is 2.69. The van der Waals surface area contributed by atoms with Crippen LogP contribution in [-0.4, -0.2) is 19.3 Å². The zero-order valence-corrected chi connectivity index (χ0v) is 10.9. The molecule has 0 radical (unpaired) electrons. The molecule has 1 fully saturated rings. The number of nitrogens with two attached hydrogens (primary N) is 1. The largest absolute Gasteiger partial charge is 0.381 e. The minimum absolute atomic E-state index is 0.148. The lowest BCUT2D eigenvalue weighted by atomic mass is 9.88. The average molecular weight is 273 g/mol. The van der Waals surface area contributed by atoms with E-state index < -0.39 is 0 Å². The fraction of sp³-hybridized carbons (Fsp3) is 0.538. The predicted molar refractivity (Wildman–Crippen MR) is 69.8 cm³/mol. The van der Waals surface area contributed by atoms with E-state index in [0.29, 0.717) is 12.3 Å². The molecule has 1 aromatic rings. The van der Waals surface area contributed by atoms with Crippen LogP contribution in [0.5, 0.6) is 0 Å². The second-order valence-corrected chi connectivity index (χ2v) is 5.08. The van der Waals surface area contributed by atoms with Gasteiger partial charge in [0.1, 0.15) is 5.82 Å². The highest BCUT2D eigenvalue weighted by atomic mass is 35.5. The number of hydrazine groups is 1. The maximum Gasteiger partial charge on any atom is 0.142 e. The molecule has 3 nitrogen and oxygen atoms in total. The van der Waals surface area contributed by atoms with Crippen molar-refractivity contribution in [2.45, 2.75) is 25.3 Å². The minimum Gasteiger partial charge on any atom is -0.381 e. The molecule has 100 valence electrons. The molecule has 5 heteroatoms. The predicted octanol–water partition coefficient (Wildman–Crippen LogP) is 2.28. The summed E-state index contributed by atoms with van der Waals surface area (Å²) in [5.74, 6) is 5.71. The Labute approximate surface area is 111 Å². The van der Waals surface area contributed by atoms with Crippen molar-refractivity contribution in [3.8, 4) is 0 Å². The monoisotopic (exact) mass is 272 g/mol. The van der Waals surface area contributed by atoms with E-state index in [4.69, 9.17) is 22.2 Å². The van der Waals surface area contributed by atoms with Gasteiger partial charge in [-0.15, -0.1) is 0 Å². The third-order valence-electron chi connectivity index (χ3n) is 3.49. The molecular formula is C13H18ClFN2O. The molecule has 0 spiro atoms. The Bertz CT molecular complexity index is 397. The van der Waals surface area contributed by atoms with Crippen LogP contribution in [0.15, 0.2) is 18.2 Å². The van der Waals surface area contributed by atoms with Gasteiger partial charge >= 0.3 is 0 Å². The second kappa shape index (κ2) is 6.48. The lowest BCUT2D eigenvalue weighted by Crippen LogP contribution is -2.44. The normalized spacial score (nSPS) is 18.8. The summed E-state index contributed by atoms with van der Waals surface area (Å²) in [7, 11) is 0. The Morgan fingerprint density at radius 3 is 2.78 bits per heavy atom. The zero-order chi connectivity index (χ0) is 13.0. The van der Waals surface area contributed by atoms with Gasteiger partial charge in [0.2, 0.25) is 0 Å². The first-order valence-corrected chi connectivity index (χ1v) is 6.56. The summed E-state index contributed by atoms with van der Waals surface area (Å²) >= 11 is 5.67. The van der Waals surface area contributed by atoms with Crippen LogP contribution in [0.4, 0.5) is 4.39 Å². The molecule has 0 saturated carbocycles. The van der Waals surface area contributed by atoms with Crippen molar-refractivity contribution in [1.82, 2.24) is 5.43 Å². The molecule has 1 aliphatic rings. The minimum atomic E-state index is -0.378. The number of halogens is 2. The molecule has 0 aliphatic carbocycles. The van der Waals surface area contributed by atoms with Gasteiger partial charge in [0.15, 0.2) is 0 Å². The molecule has 1 unspecified atom stereocenters. The molecule has 18 heavy (non-hydrogen) atoms. The van der Waals surface area contributed by atoms with Gasteiger partial charge in [-0.2, -0.15) is 0 Å². The number of hydrogen-bond acceptors (Lipinski definition) is 3. The van der Waals surface area contributed by atoms with Crippen molar-refractivity contribution in [3.05, 3.63) is 34.6 Å². The van der Waals surface area contributed by atoms with Crippen LogP contribution in [-0.2, 0) is 11.2 Å². The molecule has 1 aromatic carbocycles. The number of benzene rings is 1. The van der Waals surface area contributed by atoms with E-state index in [1.807, 2.05) is 6.07 Å². The number of nitrogens with one attached hydrogen (secondary N) is 1. The first-order chi connectivity index (χ1) is 8.70. The van der Waals surface area contributed by atoms with Crippen LogP contribution in [0.3, 0.4) is 0 Å². The van der Waals surface area contributed by atoms with Gasteiger partial charge in [0, 0.05) is 19.3 Å². The van der Waals surface area contributed by atoms with Crippen molar-refractivity contribution in [3.63, 3.8) is 0 Å². The highest BCUT2D eigenvalue weighted by Crippen LogP contribution is 2.23. The molecule has 0 bridgehead atoms. The Morgan fingerprint density at radius 1 is 1.44 bits per heavy atom. The zero-order valence-electron chi connectivity index (χ0n) is 10.2. The van der Waals surface area contributed by atoms with Gasteiger partial charge in [0.25, 0.3) is 0 Å². The summed E-state index contributed by atoms with van der Waals surface area (Å²) in [6, 6.07) is 5.06. The van der Waals surface area contributed by atoms with E-state index in [1.54, 1.807) is 6.07 Å². The van der Waals surface area contributed by atoms with Crippen LogP contribution >= 0.6 is 11.6 Å². The number of hydrogen-bond donors (Lipinski definition) is 2. The van der Waals surface area contributed by atoms with Crippen LogP contribution in [0.25, 0.3) is 0 Å². The Balaban J connectivity index is 2.02. The first-order valence-electron chi connectivity index (χ1n) is 6.18.